The standard InChI is InChI=1S/C15H17N3O4S/c1-10-8-12(22-3)4-5-15(10)23(20,21)18-14-9-16-7-6-13(14)17-11(2)19/h4-9,18H,1-3H3,(H,16,17,19). The first-order valence-electron chi connectivity index (χ1n) is 6.72. The number of methoxy groups -OCH3 is 1. The number of aromatic nitrogens is 1. The zero-order chi connectivity index (χ0) is 17.0. The molecule has 2 N–H and O–H groups in total. The van der Waals surface area contributed by atoms with E-state index in [1.807, 2.05) is 0 Å². The molecule has 0 bridgehead atoms. The Hall–Kier alpha value is -2.61. The number of rotatable bonds is 5. The number of hydrogen-bond donors (Lipinski definition) is 2. The van der Waals surface area contributed by atoms with Crippen molar-refractivity contribution in [1.29, 1.82) is 0 Å². The molecule has 1 aromatic heterocycles. The number of nitrogens with one attached hydrogen (secondary N) is 2. The van der Waals surface area contributed by atoms with Crippen molar-refractivity contribution in [2.24, 2.45) is 0 Å². The van der Waals surface area contributed by atoms with Crippen LogP contribution in [-0.2, 0) is 14.8 Å². The maximum absolute atomic E-state index is 12.6. The normalized spacial score (nSPS) is 10.9. The van der Waals surface area contributed by atoms with Crippen LogP contribution in [0.25, 0.3) is 0 Å². The molecule has 0 fully saturated rings. The molecule has 0 aliphatic carbocycles. The topological polar surface area (TPSA) is 97.4 Å². The highest BCUT2D eigenvalue weighted by Crippen LogP contribution is 2.26. The lowest BCUT2D eigenvalue weighted by atomic mass is 10.2. The van der Waals surface area contributed by atoms with Crippen molar-refractivity contribution in [2.75, 3.05) is 17.1 Å². The molecule has 1 amide bonds. The largest absolute Gasteiger partial charge is 0.497 e. The number of pyridine rings is 1. The summed E-state index contributed by atoms with van der Waals surface area (Å²) in [6.45, 7) is 3.02. The van der Waals surface area contributed by atoms with Gasteiger partial charge in [-0.15, -0.1) is 0 Å². The van der Waals surface area contributed by atoms with E-state index in [0.29, 0.717) is 17.0 Å². The van der Waals surface area contributed by atoms with Crippen molar-refractivity contribution in [3.8, 4) is 5.75 Å². The number of sulfonamides is 1. The third-order valence-corrected chi connectivity index (χ3v) is 4.57. The van der Waals surface area contributed by atoms with E-state index in [2.05, 4.69) is 15.0 Å². The van der Waals surface area contributed by atoms with Gasteiger partial charge in [0.2, 0.25) is 5.91 Å². The average molecular weight is 335 g/mol. The summed E-state index contributed by atoms with van der Waals surface area (Å²) in [5, 5.41) is 2.55. The zero-order valence-corrected chi connectivity index (χ0v) is 13.8. The van der Waals surface area contributed by atoms with Gasteiger partial charge >= 0.3 is 0 Å². The molecule has 122 valence electrons. The second-order valence-corrected chi connectivity index (χ2v) is 6.49. The van der Waals surface area contributed by atoms with Gasteiger partial charge in [-0.2, -0.15) is 0 Å². The molecule has 0 aliphatic heterocycles. The summed E-state index contributed by atoms with van der Waals surface area (Å²) >= 11 is 0. The molecule has 2 rings (SSSR count). The molecule has 0 aliphatic rings. The van der Waals surface area contributed by atoms with Crippen molar-refractivity contribution in [2.45, 2.75) is 18.7 Å². The molecule has 2 aromatic rings. The number of carbonyl (C=O) groups is 1. The van der Waals surface area contributed by atoms with Gasteiger partial charge in [0.25, 0.3) is 10.0 Å². The minimum absolute atomic E-state index is 0.121. The molecular formula is C15H17N3O4S. The predicted octanol–water partition coefficient (Wildman–Crippen LogP) is 2.16. The lowest BCUT2D eigenvalue weighted by Crippen LogP contribution is -2.17. The Morgan fingerprint density at radius 2 is 1.96 bits per heavy atom. The van der Waals surface area contributed by atoms with E-state index < -0.39 is 10.0 Å². The van der Waals surface area contributed by atoms with E-state index in [0.717, 1.165) is 0 Å². The van der Waals surface area contributed by atoms with Crippen molar-refractivity contribution >= 4 is 27.3 Å². The van der Waals surface area contributed by atoms with Gasteiger partial charge in [0.05, 0.1) is 29.6 Å². The summed E-state index contributed by atoms with van der Waals surface area (Å²) in [5.41, 5.74) is 1.07. The van der Waals surface area contributed by atoms with E-state index in [1.54, 1.807) is 19.1 Å². The van der Waals surface area contributed by atoms with Gasteiger partial charge < -0.3 is 10.1 Å². The Bertz CT molecular complexity index is 834. The summed E-state index contributed by atoms with van der Waals surface area (Å²) < 4.78 is 32.6. The fraction of sp³-hybridized carbons (Fsp3) is 0.200. The predicted molar refractivity (Wildman–Crippen MR) is 87.1 cm³/mol. The molecule has 0 spiro atoms. The summed E-state index contributed by atoms with van der Waals surface area (Å²) in [7, 11) is -2.31. The van der Waals surface area contributed by atoms with Crippen molar-refractivity contribution < 1.29 is 17.9 Å². The summed E-state index contributed by atoms with van der Waals surface area (Å²) in [6.07, 6.45) is 2.80. The molecule has 23 heavy (non-hydrogen) atoms. The van der Waals surface area contributed by atoms with Gasteiger partial charge in [-0.3, -0.25) is 14.5 Å². The molecule has 0 radical (unpaired) electrons. The van der Waals surface area contributed by atoms with Gasteiger partial charge in [0.1, 0.15) is 5.75 Å². The number of anilines is 2. The summed E-state index contributed by atoms with van der Waals surface area (Å²) in [5.74, 6) is 0.263. The van der Waals surface area contributed by atoms with Gasteiger partial charge in [-0.25, -0.2) is 8.42 Å². The van der Waals surface area contributed by atoms with Crippen molar-refractivity contribution in [1.82, 2.24) is 4.98 Å². The second kappa shape index (κ2) is 6.66. The first-order valence-corrected chi connectivity index (χ1v) is 8.21. The lowest BCUT2D eigenvalue weighted by Gasteiger charge is -2.14. The fourth-order valence-corrected chi connectivity index (χ4v) is 3.32. The zero-order valence-electron chi connectivity index (χ0n) is 13.0. The van der Waals surface area contributed by atoms with Gasteiger partial charge in [-0.1, -0.05) is 0 Å². The van der Waals surface area contributed by atoms with Crippen LogP contribution in [0, 0.1) is 6.92 Å². The fourth-order valence-electron chi connectivity index (χ4n) is 2.02. The molecule has 0 atom stereocenters. The first kappa shape index (κ1) is 16.8. The number of hydrogen-bond acceptors (Lipinski definition) is 5. The molecule has 0 saturated heterocycles. The maximum atomic E-state index is 12.6. The Morgan fingerprint density at radius 3 is 2.57 bits per heavy atom. The Balaban J connectivity index is 2.37. The molecule has 0 unspecified atom stereocenters. The van der Waals surface area contributed by atoms with Crippen LogP contribution in [0.2, 0.25) is 0 Å². The highest BCUT2D eigenvalue weighted by molar-refractivity contribution is 7.92. The van der Waals surface area contributed by atoms with Crippen LogP contribution in [0.15, 0.2) is 41.6 Å². The minimum Gasteiger partial charge on any atom is -0.497 e. The van der Waals surface area contributed by atoms with E-state index in [9.17, 15) is 13.2 Å². The smallest absolute Gasteiger partial charge is 0.262 e. The monoisotopic (exact) mass is 335 g/mol. The molecule has 8 heteroatoms. The lowest BCUT2D eigenvalue weighted by molar-refractivity contribution is -0.114. The van der Waals surface area contributed by atoms with Crippen molar-refractivity contribution in [3.63, 3.8) is 0 Å². The second-order valence-electron chi connectivity index (χ2n) is 4.84. The molecule has 1 heterocycles. The van der Waals surface area contributed by atoms with Crippen LogP contribution in [0.3, 0.4) is 0 Å². The van der Waals surface area contributed by atoms with Crippen LogP contribution in [0.1, 0.15) is 12.5 Å². The number of nitrogens with zero attached hydrogens (tertiary/aromatic N) is 1. The summed E-state index contributed by atoms with van der Waals surface area (Å²) in [4.78, 5) is 15.2. The molecule has 7 nitrogen and oxygen atoms in total. The number of amides is 1. The number of benzene rings is 1. The quantitative estimate of drug-likeness (QED) is 0.872. The highest BCUT2D eigenvalue weighted by Gasteiger charge is 2.19. The van der Waals surface area contributed by atoms with Gasteiger partial charge in [-0.05, 0) is 36.8 Å². The number of ether oxygens (including phenoxy) is 1. The van der Waals surface area contributed by atoms with E-state index in [1.165, 1.54) is 38.6 Å². The number of carbonyl (C=O) groups excluding carboxylic acids is 1. The van der Waals surface area contributed by atoms with Gasteiger partial charge in [0.15, 0.2) is 0 Å². The highest BCUT2D eigenvalue weighted by atomic mass is 32.2. The van der Waals surface area contributed by atoms with Crippen LogP contribution < -0.4 is 14.8 Å². The van der Waals surface area contributed by atoms with Crippen LogP contribution in [-0.4, -0.2) is 26.4 Å². The SMILES string of the molecule is COc1ccc(S(=O)(=O)Nc2cnccc2NC(C)=O)c(C)c1. The van der Waals surface area contributed by atoms with Crippen LogP contribution >= 0.6 is 0 Å². The third kappa shape index (κ3) is 3.98. The van der Waals surface area contributed by atoms with Crippen molar-refractivity contribution in [3.05, 3.63) is 42.2 Å². The molecule has 0 saturated carbocycles. The maximum Gasteiger partial charge on any atom is 0.262 e. The van der Waals surface area contributed by atoms with E-state index in [4.69, 9.17) is 4.74 Å². The minimum atomic E-state index is -3.82. The van der Waals surface area contributed by atoms with Crippen LogP contribution in [0.5, 0.6) is 5.75 Å². The van der Waals surface area contributed by atoms with E-state index >= 15 is 0 Å². The first-order chi connectivity index (χ1) is 10.8. The average Bonchev–Trinajstić information content (AvgIpc) is 2.48. The van der Waals surface area contributed by atoms with Gasteiger partial charge in [0, 0.05) is 13.1 Å². The van der Waals surface area contributed by atoms with E-state index in [-0.39, 0.29) is 16.5 Å². The molecule has 1 aromatic carbocycles. The Kier molecular flexibility index (Phi) is 4.85. The Labute approximate surface area is 134 Å². The molecular weight excluding hydrogens is 318 g/mol. The number of aryl methyl sites for hydroxylation is 1. The third-order valence-electron chi connectivity index (χ3n) is 3.05. The Morgan fingerprint density at radius 1 is 1.22 bits per heavy atom. The summed E-state index contributed by atoms with van der Waals surface area (Å²) in [6, 6.07) is 6.18. The van der Waals surface area contributed by atoms with Crippen LogP contribution in [0.4, 0.5) is 11.4 Å².